The van der Waals surface area contributed by atoms with Crippen molar-refractivity contribution in [3.8, 4) is 0 Å². The fourth-order valence-corrected chi connectivity index (χ4v) is 1.58. The molecule has 0 radical (unpaired) electrons. The maximum Gasteiger partial charge on any atom is 0.000442 e. The zero-order valence-corrected chi connectivity index (χ0v) is 11.5. The van der Waals surface area contributed by atoms with Crippen molar-refractivity contribution in [2.75, 3.05) is 13.1 Å². The Kier molecular flexibility index (Phi) is 15.0. The molecule has 1 aliphatic heterocycles. The predicted octanol–water partition coefficient (Wildman–Crippen LogP) is 2.81. The van der Waals surface area contributed by atoms with Crippen LogP contribution in [-0.4, -0.2) is 13.1 Å². The first-order valence-corrected chi connectivity index (χ1v) is 7.06. The second-order valence-electron chi connectivity index (χ2n) is 4.32. The Bertz CT molecular complexity index is 210. The molecule has 104 valence electrons. The summed E-state index contributed by atoms with van der Waals surface area (Å²) >= 11 is 0. The van der Waals surface area contributed by atoms with Gasteiger partial charge in [-0.3, -0.25) is 0 Å². The van der Waals surface area contributed by atoms with Crippen LogP contribution in [0, 0.1) is 0 Å². The van der Waals surface area contributed by atoms with Crippen molar-refractivity contribution in [3.63, 3.8) is 0 Å². The van der Waals surface area contributed by atoms with Crippen LogP contribution < -0.4 is 16.8 Å². The van der Waals surface area contributed by atoms with Gasteiger partial charge < -0.3 is 16.8 Å². The molecule has 0 fully saturated rings. The van der Waals surface area contributed by atoms with E-state index in [-0.39, 0.29) is 0 Å². The molecule has 5 N–H and O–H groups in total. The van der Waals surface area contributed by atoms with Crippen molar-refractivity contribution in [2.24, 2.45) is 11.5 Å². The van der Waals surface area contributed by atoms with E-state index < -0.39 is 0 Å². The number of rotatable bonds is 8. The van der Waals surface area contributed by atoms with Gasteiger partial charge in [0.1, 0.15) is 0 Å². The highest BCUT2D eigenvalue weighted by atomic mass is 14.8. The Labute approximate surface area is 112 Å². The minimum atomic E-state index is 0.850. The first-order chi connectivity index (χ1) is 8.91. The molecule has 0 bridgehead atoms. The van der Waals surface area contributed by atoms with Gasteiger partial charge in [0.05, 0.1) is 0 Å². The Morgan fingerprint density at radius 2 is 0.944 bits per heavy atom. The molecule has 18 heavy (non-hydrogen) atoms. The van der Waals surface area contributed by atoms with Gasteiger partial charge in [-0.15, -0.1) is 0 Å². The lowest BCUT2D eigenvalue weighted by atomic mass is 10.1. The summed E-state index contributed by atoms with van der Waals surface area (Å²) in [7, 11) is 0. The van der Waals surface area contributed by atoms with Gasteiger partial charge in [-0.1, -0.05) is 44.3 Å². The third-order valence-electron chi connectivity index (χ3n) is 2.63. The lowest BCUT2D eigenvalue weighted by Gasteiger charge is -1.99. The van der Waals surface area contributed by atoms with E-state index in [1.54, 1.807) is 0 Å². The average molecular weight is 251 g/mol. The van der Waals surface area contributed by atoms with Crippen LogP contribution in [0.15, 0.2) is 36.7 Å². The number of allylic oxidation sites excluding steroid dienone is 4. The number of nitrogens with two attached hydrogens (primary N) is 2. The summed E-state index contributed by atoms with van der Waals surface area (Å²) in [6.07, 6.45) is 20.6. The van der Waals surface area contributed by atoms with Crippen molar-refractivity contribution >= 4 is 0 Å². The summed E-state index contributed by atoms with van der Waals surface area (Å²) in [5.41, 5.74) is 10.7. The van der Waals surface area contributed by atoms with Crippen molar-refractivity contribution in [1.29, 1.82) is 0 Å². The molecule has 0 saturated carbocycles. The van der Waals surface area contributed by atoms with E-state index >= 15 is 0 Å². The third-order valence-corrected chi connectivity index (χ3v) is 2.63. The van der Waals surface area contributed by atoms with Crippen molar-refractivity contribution in [2.45, 2.75) is 44.9 Å². The van der Waals surface area contributed by atoms with E-state index in [1.165, 1.54) is 44.9 Å². The minimum Gasteiger partial charge on any atom is -0.368 e. The zero-order valence-electron chi connectivity index (χ0n) is 11.5. The average Bonchev–Trinajstić information content (AvgIpc) is 2.71. The summed E-state index contributed by atoms with van der Waals surface area (Å²) in [4.78, 5) is 0. The third kappa shape index (κ3) is 14.9. The molecule has 1 aliphatic rings. The fraction of sp³-hybridized carbons (Fsp3) is 0.600. The fourth-order valence-electron chi connectivity index (χ4n) is 1.58. The molecule has 0 aromatic heterocycles. The maximum atomic E-state index is 5.37. The molecule has 0 aromatic carbocycles. The first kappa shape index (κ1) is 16.9. The van der Waals surface area contributed by atoms with Crippen LogP contribution in [0.4, 0.5) is 0 Å². The molecular formula is C15H29N3. The largest absolute Gasteiger partial charge is 0.368 e. The summed E-state index contributed by atoms with van der Waals surface area (Å²) < 4.78 is 0. The molecule has 0 spiro atoms. The standard InChI is InChI=1S/C9H22N2.C6H7N/c10-8-6-4-2-1-3-5-7-9-11;1-2-4-6-7-5-3-1/h1-11H2;1-7H. The van der Waals surface area contributed by atoms with Crippen molar-refractivity contribution in [1.82, 2.24) is 5.32 Å². The molecule has 1 heterocycles. The predicted molar refractivity (Wildman–Crippen MR) is 81.0 cm³/mol. The number of hydrogen-bond acceptors (Lipinski definition) is 3. The van der Waals surface area contributed by atoms with Gasteiger partial charge in [0, 0.05) is 12.4 Å². The van der Waals surface area contributed by atoms with Crippen LogP contribution in [-0.2, 0) is 0 Å². The highest BCUT2D eigenvalue weighted by Gasteiger charge is 1.89. The molecule has 0 atom stereocenters. The highest BCUT2D eigenvalue weighted by Crippen LogP contribution is 2.05. The molecule has 0 saturated heterocycles. The lowest BCUT2D eigenvalue weighted by molar-refractivity contribution is 0.585. The highest BCUT2D eigenvalue weighted by molar-refractivity contribution is 5.14. The molecule has 1 rings (SSSR count). The molecule has 0 unspecified atom stereocenters. The topological polar surface area (TPSA) is 64.1 Å². The molecule has 0 amide bonds. The van der Waals surface area contributed by atoms with Gasteiger partial charge in [-0.05, 0) is 38.1 Å². The van der Waals surface area contributed by atoms with Crippen LogP contribution in [0.5, 0.6) is 0 Å². The van der Waals surface area contributed by atoms with Crippen molar-refractivity contribution < 1.29 is 0 Å². The van der Waals surface area contributed by atoms with Crippen molar-refractivity contribution in [3.05, 3.63) is 36.7 Å². The van der Waals surface area contributed by atoms with Crippen LogP contribution in [0.25, 0.3) is 0 Å². The quantitative estimate of drug-likeness (QED) is 0.581. The number of hydrogen-bond donors (Lipinski definition) is 3. The summed E-state index contributed by atoms with van der Waals surface area (Å²) in [6, 6.07) is 0. The van der Waals surface area contributed by atoms with E-state index in [0.717, 1.165) is 13.1 Å². The van der Waals surface area contributed by atoms with Gasteiger partial charge in [0.2, 0.25) is 0 Å². The van der Waals surface area contributed by atoms with Crippen LogP contribution in [0.3, 0.4) is 0 Å². The SMILES string of the molecule is C1=CC=CNC=C1.NCCCCCCCCCN. The van der Waals surface area contributed by atoms with E-state index in [0.29, 0.717) is 0 Å². The summed E-state index contributed by atoms with van der Waals surface area (Å²) in [5.74, 6) is 0. The van der Waals surface area contributed by atoms with Crippen LogP contribution in [0.2, 0.25) is 0 Å². The molecule has 3 heteroatoms. The summed E-state index contributed by atoms with van der Waals surface area (Å²) in [6.45, 7) is 1.70. The summed E-state index contributed by atoms with van der Waals surface area (Å²) in [5, 5.41) is 2.92. The van der Waals surface area contributed by atoms with Gasteiger partial charge in [0.25, 0.3) is 0 Å². The van der Waals surface area contributed by atoms with Crippen LogP contribution in [0.1, 0.15) is 44.9 Å². The minimum absolute atomic E-state index is 0.850. The van der Waals surface area contributed by atoms with Gasteiger partial charge in [0.15, 0.2) is 0 Å². The molecular weight excluding hydrogens is 222 g/mol. The van der Waals surface area contributed by atoms with Gasteiger partial charge in [-0.25, -0.2) is 0 Å². The smallest absolute Gasteiger partial charge is 0.000442 e. The van der Waals surface area contributed by atoms with E-state index in [1.807, 2.05) is 36.7 Å². The zero-order chi connectivity index (χ0) is 13.3. The molecule has 0 aliphatic carbocycles. The van der Waals surface area contributed by atoms with Gasteiger partial charge >= 0.3 is 0 Å². The number of nitrogens with one attached hydrogen (secondary N) is 1. The maximum absolute atomic E-state index is 5.37. The molecule has 3 nitrogen and oxygen atoms in total. The monoisotopic (exact) mass is 251 g/mol. The Morgan fingerprint density at radius 1 is 0.556 bits per heavy atom. The Balaban J connectivity index is 0.000000351. The normalized spacial score (nSPS) is 12.6. The Hall–Kier alpha value is -1.06. The first-order valence-electron chi connectivity index (χ1n) is 7.06. The second-order valence-corrected chi connectivity index (χ2v) is 4.32. The van der Waals surface area contributed by atoms with Crippen LogP contribution >= 0.6 is 0 Å². The van der Waals surface area contributed by atoms with E-state index in [4.69, 9.17) is 11.5 Å². The molecule has 0 aromatic rings. The van der Waals surface area contributed by atoms with E-state index in [2.05, 4.69) is 5.32 Å². The number of unbranched alkanes of at least 4 members (excludes halogenated alkanes) is 6. The lowest BCUT2D eigenvalue weighted by Crippen LogP contribution is -1.98. The van der Waals surface area contributed by atoms with E-state index in [9.17, 15) is 0 Å². The Morgan fingerprint density at radius 3 is 1.33 bits per heavy atom. The second kappa shape index (κ2) is 15.9. The van der Waals surface area contributed by atoms with Gasteiger partial charge in [-0.2, -0.15) is 0 Å².